The van der Waals surface area contributed by atoms with Crippen molar-refractivity contribution in [3.05, 3.63) is 29.8 Å². The van der Waals surface area contributed by atoms with Crippen molar-refractivity contribution in [1.82, 2.24) is 5.32 Å². The fourth-order valence-electron chi connectivity index (χ4n) is 1.40. The quantitative estimate of drug-likeness (QED) is 0.542. The fourth-order valence-corrected chi connectivity index (χ4v) is 1.61. The van der Waals surface area contributed by atoms with E-state index in [2.05, 4.69) is 23.6 Å². The SMILES string of the molecule is CCc1ccccc1NC(=S)NCCCO. The Kier molecular flexibility index (Phi) is 5.82. The number of nitrogens with one attached hydrogen (secondary N) is 2. The number of thiocarbonyl (C=S) groups is 1. The number of rotatable bonds is 5. The summed E-state index contributed by atoms with van der Waals surface area (Å²) in [4.78, 5) is 0. The lowest BCUT2D eigenvalue weighted by Gasteiger charge is -2.12. The van der Waals surface area contributed by atoms with Crippen molar-refractivity contribution in [2.45, 2.75) is 19.8 Å². The molecule has 0 saturated heterocycles. The van der Waals surface area contributed by atoms with Gasteiger partial charge in [-0.1, -0.05) is 25.1 Å². The van der Waals surface area contributed by atoms with Gasteiger partial charge in [0.1, 0.15) is 0 Å². The molecule has 0 bridgehead atoms. The molecule has 16 heavy (non-hydrogen) atoms. The predicted molar refractivity (Wildman–Crippen MR) is 71.7 cm³/mol. The Bertz CT molecular complexity index is 342. The molecule has 4 heteroatoms. The van der Waals surface area contributed by atoms with E-state index in [0.29, 0.717) is 18.1 Å². The van der Waals surface area contributed by atoms with Gasteiger partial charge in [-0.25, -0.2) is 0 Å². The van der Waals surface area contributed by atoms with Gasteiger partial charge in [-0.05, 0) is 36.7 Å². The maximum absolute atomic E-state index is 8.65. The van der Waals surface area contributed by atoms with Crippen LogP contribution in [0.15, 0.2) is 24.3 Å². The van der Waals surface area contributed by atoms with E-state index in [1.807, 2.05) is 18.2 Å². The summed E-state index contributed by atoms with van der Waals surface area (Å²) in [6.07, 6.45) is 1.68. The highest BCUT2D eigenvalue weighted by Gasteiger charge is 2.01. The minimum Gasteiger partial charge on any atom is -0.396 e. The highest BCUT2D eigenvalue weighted by molar-refractivity contribution is 7.80. The largest absolute Gasteiger partial charge is 0.396 e. The highest BCUT2D eigenvalue weighted by atomic mass is 32.1. The van der Waals surface area contributed by atoms with E-state index in [1.165, 1.54) is 5.56 Å². The number of hydrogen-bond acceptors (Lipinski definition) is 2. The van der Waals surface area contributed by atoms with Crippen LogP contribution in [0.4, 0.5) is 5.69 Å². The normalized spacial score (nSPS) is 9.88. The third-order valence-corrected chi connectivity index (χ3v) is 2.51. The Hall–Kier alpha value is -1.13. The van der Waals surface area contributed by atoms with Crippen LogP contribution in [-0.4, -0.2) is 23.4 Å². The first-order valence-electron chi connectivity index (χ1n) is 5.51. The lowest BCUT2D eigenvalue weighted by molar-refractivity contribution is 0.289. The van der Waals surface area contributed by atoms with Crippen molar-refractivity contribution >= 4 is 23.0 Å². The Morgan fingerprint density at radius 1 is 1.38 bits per heavy atom. The molecule has 1 aromatic carbocycles. The highest BCUT2D eigenvalue weighted by Crippen LogP contribution is 2.14. The van der Waals surface area contributed by atoms with Gasteiger partial charge in [0.05, 0.1) is 0 Å². The molecule has 3 N–H and O–H groups in total. The van der Waals surface area contributed by atoms with Crippen LogP contribution in [0, 0.1) is 0 Å². The molecule has 0 aliphatic heterocycles. The predicted octanol–water partition coefficient (Wildman–Crippen LogP) is 1.92. The summed E-state index contributed by atoms with van der Waals surface area (Å²) in [6, 6.07) is 8.10. The van der Waals surface area contributed by atoms with Crippen LogP contribution < -0.4 is 10.6 Å². The van der Waals surface area contributed by atoms with Gasteiger partial charge < -0.3 is 15.7 Å². The third kappa shape index (κ3) is 4.16. The first-order valence-corrected chi connectivity index (χ1v) is 5.92. The monoisotopic (exact) mass is 238 g/mol. The number of aliphatic hydroxyl groups excluding tert-OH is 1. The number of anilines is 1. The second-order valence-electron chi connectivity index (χ2n) is 3.47. The zero-order valence-corrected chi connectivity index (χ0v) is 10.3. The molecular formula is C12H18N2OS. The zero-order valence-electron chi connectivity index (χ0n) is 9.49. The van der Waals surface area contributed by atoms with Crippen molar-refractivity contribution < 1.29 is 5.11 Å². The average molecular weight is 238 g/mol. The summed E-state index contributed by atoms with van der Waals surface area (Å²) < 4.78 is 0. The number of para-hydroxylation sites is 1. The summed E-state index contributed by atoms with van der Waals surface area (Å²) in [6.45, 7) is 2.99. The molecule has 0 heterocycles. The number of benzene rings is 1. The van der Waals surface area contributed by atoms with Crippen LogP contribution in [0.2, 0.25) is 0 Å². The molecule has 3 nitrogen and oxygen atoms in total. The van der Waals surface area contributed by atoms with Crippen LogP contribution >= 0.6 is 12.2 Å². The Balaban J connectivity index is 2.49. The van der Waals surface area contributed by atoms with E-state index in [4.69, 9.17) is 17.3 Å². The number of hydrogen-bond donors (Lipinski definition) is 3. The van der Waals surface area contributed by atoms with Gasteiger partial charge in [0, 0.05) is 18.8 Å². The Morgan fingerprint density at radius 2 is 2.12 bits per heavy atom. The maximum atomic E-state index is 8.65. The van der Waals surface area contributed by atoms with Crippen LogP contribution in [0.25, 0.3) is 0 Å². The molecule has 0 amide bonds. The topological polar surface area (TPSA) is 44.3 Å². The summed E-state index contributed by atoms with van der Waals surface area (Å²) in [7, 11) is 0. The van der Waals surface area contributed by atoms with Gasteiger partial charge in [-0.2, -0.15) is 0 Å². The number of aliphatic hydroxyl groups is 1. The number of aryl methyl sites for hydroxylation is 1. The lowest BCUT2D eigenvalue weighted by atomic mass is 10.1. The maximum Gasteiger partial charge on any atom is 0.170 e. The van der Waals surface area contributed by atoms with Crippen molar-refractivity contribution in [2.75, 3.05) is 18.5 Å². The van der Waals surface area contributed by atoms with Crippen LogP contribution in [0.1, 0.15) is 18.9 Å². The Morgan fingerprint density at radius 3 is 2.81 bits per heavy atom. The molecule has 1 rings (SSSR count). The van der Waals surface area contributed by atoms with Crippen LogP contribution in [0.5, 0.6) is 0 Å². The van der Waals surface area contributed by atoms with Crippen molar-refractivity contribution in [1.29, 1.82) is 0 Å². The van der Waals surface area contributed by atoms with E-state index >= 15 is 0 Å². The molecule has 0 aromatic heterocycles. The molecule has 0 fully saturated rings. The summed E-state index contributed by atoms with van der Waals surface area (Å²) >= 11 is 5.15. The lowest BCUT2D eigenvalue weighted by Crippen LogP contribution is -2.30. The molecule has 88 valence electrons. The molecule has 0 aliphatic carbocycles. The van der Waals surface area contributed by atoms with E-state index in [0.717, 1.165) is 12.1 Å². The molecule has 0 aliphatic rings. The van der Waals surface area contributed by atoms with Crippen LogP contribution in [0.3, 0.4) is 0 Å². The summed E-state index contributed by atoms with van der Waals surface area (Å²) in [5.74, 6) is 0. The standard InChI is InChI=1S/C12H18N2OS/c1-2-10-6-3-4-7-11(10)14-12(16)13-8-5-9-15/h3-4,6-7,15H,2,5,8-9H2,1H3,(H2,13,14,16). The molecule has 0 spiro atoms. The van der Waals surface area contributed by atoms with Gasteiger partial charge >= 0.3 is 0 Å². The van der Waals surface area contributed by atoms with E-state index in [1.54, 1.807) is 0 Å². The molecule has 0 radical (unpaired) electrons. The fraction of sp³-hybridized carbons (Fsp3) is 0.417. The first kappa shape index (κ1) is 12.9. The third-order valence-electron chi connectivity index (χ3n) is 2.27. The van der Waals surface area contributed by atoms with E-state index in [-0.39, 0.29) is 6.61 Å². The summed E-state index contributed by atoms with van der Waals surface area (Å²) in [5, 5.41) is 15.5. The van der Waals surface area contributed by atoms with Gasteiger partial charge in [0.25, 0.3) is 0 Å². The minimum atomic E-state index is 0.182. The van der Waals surface area contributed by atoms with Crippen molar-refractivity contribution in [3.63, 3.8) is 0 Å². The van der Waals surface area contributed by atoms with E-state index < -0.39 is 0 Å². The average Bonchev–Trinajstić information content (AvgIpc) is 2.30. The molecular weight excluding hydrogens is 220 g/mol. The van der Waals surface area contributed by atoms with Crippen molar-refractivity contribution in [2.24, 2.45) is 0 Å². The van der Waals surface area contributed by atoms with Crippen molar-refractivity contribution in [3.8, 4) is 0 Å². The molecule has 1 aromatic rings. The van der Waals surface area contributed by atoms with Gasteiger partial charge in [0.2, 0.25) is 0 Å². The smallest absolute Gasteiger partial charge is 0.170 e. The van der Waals surface area contributed by atoms with E-state index in [9.17, 15) is 0 Å². The van der Waals surface area contributed by atoms with Gasteiger partial charge in [0.15, 0.2) is 5.11 Å². The zero-order chi connectivity index (χ0) is 11.8. The minimum absolute atomic E-state index is 0.182. The van der Waals surface area contributed by atoms with Crippen LogP contribution in [-0.2, 0) is 6.42 Å². The molecule has 0 saturated carbocycles. The second-order valence-corrected chi connectivity index (χ2v) is 3.88. The van der Waals surface area contributed by atoms with Gasteiger partial charge in [-0.3, -0.25) is 0 Å². The first-order chi connectivity index (χ1) is 7.77. The molecule has 0 unspecified atom stereocenters. The summed E-state index contributed by atoms with van der Waals surface area (Å²) in [5.41, 5.74) is 2.29. The molecule has 0 atom stereocenters. The van der Waals surface area contributed by atoms with Gasteiger partial charge in [-0.15, -0.1) is 0 Å². The Labute approximate surface area is 102 Å². The second kappa shape index (κ2) is 7.19.